The molecular weight excluding hydrogens is 979 g/mol. The smallest absolute Gasteiger partial charge is 0.220 e. The molecule has 0 spiro atoms. The Balaban J connectivity index is 1.81. The molecule has 2 aliphatic rings. The van der Waals surface area contributed by atoms with Crippen LogP contribution < -0.4 is 5.32 Å². The fourth-order valence-electron chi connectivity index (χ4n) is 9.17. The molecule has 1 amide bonds. The number of carbonyl (C=O) groups excluding carboxylic acids is 1. The maximum atomic E-state index is 13.2. The van der Waals surface area contributed by atoms with Crippen LogP contribution in [-0.4, -0.2) is 140 Å². The van der Waals surface area contributed by atoms with Gasteiger partial charge in [-0.15, -0.1) is 0 Å². The summed E-state index contributed by atoms with van der Waals surface area (Å²) in [6, 6.07) is -0.962. The van der Waals surface area contributed by atoms with Crippen molar-refractivity contribution in [2.24, 2.45) is 0 Å². The minimum atomic E-state index is -1.80. The van der Waals surface area contributed by atoms with Crippen molar-refractivity contribution in [1.82, 2.24) is 5.32 Å². The van der Waals surface area contributed by atoms with E-state index in [4.69, 9.17) is 18.9 Å². The molecule has 14 nitrogen and oxygen atoms in total. The molecule has 2 rings (SSSR count). The van der Waals surface area contributed by atoms with Gasteiger partial charge in [-0.3, -0.25) is 4.79 Å². The van der Waals surface area contributed by atoms with Crippen molar-refractivity contribution < 1.29 is 64.6 Å². The summed E-state index contributed by atoms with van der Waals surface area (Å²) in [5.41, 5.74) is 0. The second-order valence-corrected chi connectivity index (χ2v) is 20.7. The van der Waals surface area contributed by atoms with E-state index >= 15 is 0 Å². The number of rotatable bonds is 46. The molecule has 2 saturated heterocycles. The van der Waals surface area contributed by atoms with Gasteiger partial charge in [0.05, 0.1) is 32.0 Å². The number of nitrogens with one attached hydrogen (secondary N) is 1. The lowest BCUT2D eigenvalue weighted by molar-refractivity contribution is -0.359. The Bertz CT molecular complexity index is 1660. The number of unbranched alkanes of at least 4 members (excludes halogenated alkanes) is 19. The number of aliphatic hydroxyl groups excluding tert-OH is 8. The predicted octanol–water partition coefficient (Wildman–Crippen LogP) is 10.3. The molecule has 0 bridgehead atoms. The van der Waals surface area contributed by atoms with E-state index in [-0.39, 0.29) is 18.9 Å². The highest BCUT2D eigenvalue weighted by Crippen LogP contribution is 2.30. The van der Waals surface area contributed by atoms with Gasteiger partial charge in [0.2, 0.25) is 5.91 Å². The van der Waals surface area contributed by atoms with Crippen LogP contribution in [-0.2, 0) is 23.7 Å². The molecule has 0 aromatic rings. The highest BCUT2D eigenvalue weighted by Gasteiger charge is 2.51. The first-order valence-electron chi connectivity index (χ1n) is 30.0. The third kappa shape index (κ3) is 33.3. The van der Waals surface area contributed by atoms with Crippen LogP contribution in [0.3, 0.4) is 0 Å². The molecule has 14 heteroatoms. The van der Waals surface area contributed by atoms with Gasteiger partial charge in [0, 0.05) is 6.42 Å². The summed E-state index contributed by atoms with van der Waals surface area (Å²) >= 11 is 0. The topological polar surface area (TPSA) is 228 Å². The van der Waals surface area contributed by atoms with E-state index in [0.29, 0.717) is 12.8 Å². The van der Waals surface area contributed by atoms with Gasteiger partial charge in [-0.2, -0.15) is 0 Å². The van der Waals surface area contributed by atoms with Crippen LogP contribution in [0.1, 0.15) is 200 Å². The molecule has 0 saturated carbocycles. The molecule has 2 aliphatic heterocycles. The SMILES string of the molecule is CC/C=C\C/C=C\C/C=C\C/C=C\C/C=C\CCCCCC(=O)NC(COC1OC(CO)C(OC2OC(CO)C(O)C(O)C2O)C(O)C1O)C(O)/C=C/CC/C=C/CC/C=C/CCCCCCCCCCCCCCCC. The lowest BCUT2D eigenvalue weighted by atomic mass is 9.97. The third-order valence-electron chi connectivity index (χ3n) is 14.0. The number of hydrogen-bond donors (Lipinski definition) is 9. The van der Waals surface area contributed by atoms with E-state index in [1.54, 1.807) is 6.08 Å². The number of hydrogen-bond acceptors (Lipinski definition) is 13. The monoisotopic (exact) mass is 1090 g/mol. The molecular formula is C63H107NO13. The Kier molecular flexibility index (Phi) is 43.4. The zero-order chi connectivity index (χ0) is 56.0. The van der Waals surface area contributed by atoms with E-state index in [1.165, 1.54) is 89.9 Å². The molecule has 0 aromatic heterocycles. The largest absolute Gasteiger partial charge is 0.394 e. The molecule has 12 atom stereocenters. The second-order valence-electron chi connectivity index (χ2n) is 20.7. The zero-order valence-corrected chi connectivity index (χ0v) is 47.4. The Hall–Kier alpha value is -3.09. The van der Waals surface area contributed by atoms with Crippen molar-refractivity contribution in [2.45, 2.75) is 274 Å². The zero-order valence-electron chi connectivity index (χ0n) is 47.4. The van der Waals surface area contributed by atoms with Gasteiger partial charge in [-0.05, 0) is 89.9 Å². The average Bonchev–Trinajstić information content (AvgIpc) is 3.44. The van der Waals surface area contributed by atoms with Gasteiger partial charge in [0.15, 0.2) is 12.6 Å². The standard InChI is InChI=1S/C63H107NO13/c1-3-5-7-9-11-13-15-17-19-21-23-24-25-26-27-29-30-32-34-36-38-40-42-44-46-52(67)51(64-55(68)47-45-43-41-39-37-35-33-31-28-22-20-18-16-14-12-10-8-6-4-2)50-74-62-60(73)58(71)61(54(49-66)76-62)77-63-59(72)57(70)56(69)53(48-65)75-63/h6,8,12,14,18,20,28-31,35-38,44,46,51-54,56-63,65-67,69-73H,3-5,7,9-11,13,15-17,19,21-27,32-34,39-43,45,47-50H2,1-2H3,(H,64,68)/b8-6-,14-12-,20-18-,30-29+,31-28-,37-35-,38-36+,46-44+. The first-order valence-corrected chi connectivity index (χ1v) is 30.0. The fraction of sp³-hybridized carbons (Fsp3) is 0.730. The molecule has 77 heavy (non-hydrogen) atoms. The van der Waals surface area contributed by atoms with E-state index in [2.05, 4.69) is 104 Å². The Labute approximate surface area is 464 Å². The van der Waals surface area contributed by atoms with Crippen molar-refractivity contribution >= 4 is 5.91 Å². The number of ether oxygens (including phenoxy) is 4. The first kappa shape index (κ1) is 70.0. The van der Waals surface area contributed by atoms with Gasteiger partial charge in [0.25, 0.3) is 0 Å². The minimum absolute atomic E-state index is 0.225. The summed E-state index contributed by atoms with van der Waals surface area (Å²) in [7, 11) is 0. The van der Waals surface area contributed by atoms with Crippen LogP contribution in [0.15, 0.2) is 97.2 Å². The summed E-state index contributed by atoms with van der Waals surface area (Å²) in [6.07, 6.45) is 48.8. The fourth-order valence-corrected chi connectivity index (χ4v) is 9.17. The van der Waals surface area contributed by atoms with Crippen LogP contribution in [0.5, 0.6) is 0 Å². The van der Waals surface area contributed by atoms with Crippen molar-refractivity contribution in [3.63, 3.8) is 0 Å². The lowest BCUT2D eigenvalue weighted by Crippen LogP contribution is -2.65. The average molecular weight is 1090 g/mol. The highest BCUT2D eigenvalue weighted by molar-refractivity contribution is 5.76. The molecule has 0 aromatic carbocycles. The summed E-state index contributed by atoms with van der Waals surface area (Å²) in [5, 5.41) is 87.1. The predicted molar refractivity (Wildman–Crippen MR) is 309 cm³/mol. The van der Waals surface area contributed by atoms with E-state index < -0.39 is 86.8 Å². The van der Waals surface area contributed by atoms with Crippen LogP contribution in [0.4, 0.5) is 0 Å². The summed E-state index contributed by atoms with van der Waals surface area (Å²) in [5.74, 6) is -0.288. The van der Waals surface area contributed by atoms with Gasteiger partial charge < -0.3 is 65.1 Å². The maximum Gasteiger partial charge on any atom is 0.220 e. The van der Waals surface area contributed by atoms with Crippen LogP contribution in [0.25, 0.3) is 0 Å². The normalized spacial score (nSPS) is 25.4. The van der Waals surface area contributed by atoms with Crippen LogP contribution >= 0.6 is 0 Å². The molecule has 0 radical (unpaired) electrons. The molecule has 0 aliphatic carbocycles. The number of carbonyl (C=O) groups is 1. The van der Waals surface area contributed by atoms with Gasteiger partial charge in [-0.1, -0.05) is 201 Å². The Morgan fingerprint density at radius 2 is 0.909 bits per heavy atom. The summed E-state index contributed by atoms with van der Waals surface area (Å²) in [4.78, 5) is 13.2. The number of allylic oxidation sites excluding steroid dienone is 15. The van der Waals surface area contributed by atoms with Gasteiger partial charge in [-0.25, -0.2) is 0 Å². The van der Waals surface area contributed by atoms with Crippen LogP contribution in [0, 0.1) is 0 Å². The van der Waals surface area contributed by atoms with Crippen molar-refractivity contribution in [1.29, 1.82) is 0 Å². The molecule has 442 valence electrons. The summed E-state index contributed by atoms with van der Waals surface area (Å²) in [6.45, 7) is 2.63. The van der Waals surface area contributed by atoms with Crippen molar-refractivity contribution in [3.8, 4) is 0 Å². The van der Waals surface area contributed by atoms with E-state index in [1.807, 2.05) is 6.08 Å². The Morgan fingerprint density at radius 1 is 0.481 bits per heavy atom. The first-order chi connectivity index (χ1) is 37.6. The van der Waals surface area contributed by atoms with Crippen molar-refractivity contribution in [3.05, 3.63) is 97.2 Å². The van der Waals surface area contributed by atoms with Gasteiger partial charge >= 0.3 is 0 Å². The maximum absolute atomic E-state index is 13.2. The molecule has 9 N–H and O–H groups in total. The molecule has 2 fully saturated rings. The third-order valence-corrected chi connectivity index (χ3v) is 14.0. The number of aliphatic hydroxyl groups is 8. The van der Waals surface area contributed by atoms with E-state index in [0.717, 1.165) is 77.0 Å². The number of amides is 1. The second kappa shape index (κ2) is 47.7. The van der Waals surface area contributed by atoms with Crippen LogP contribution in [0.2, 0.25) is 0 Å². The highest BCUT2D eigenvalue weighted by atomic mass is 16.7. The minimum Gasteiger partial charge on any atom is -0.394 e. The van der Waals surface area contributed by atoms with Gasteiger partial charge in [0.1, 0.15) is 48.8 Å². The quantitative estimate of drug-likeness (QED) is 0.0205. The van der Waals surface area contributed by atoms with Crippen molar-refractivity contribution in [2.75, 3.05) is 19.8 Å². The molecule has 12 unspecified atom stereocenters. The van der Waals surface area contributed by atoms with E-state index in [9.17, 15) is 45.6 Å². The summed E-state index contributed by atoms with van der Waals surface area (Å²) < 4.78 is 22.7. The molecule has 2 heterocycles. The Morgan fingerprint density at radius 3 is 1.43 bits per heavy atom. The lowest BCUT2D eigenvalue weighted by Gasteiger charge is -2.46.